The van der Waals surface area contributed by atoms with Crippen LogP contribution in [0.3, 0.4) is 0 Å². The highest BCUT2D eigenvalue weighted by molar-refractivity contribution is 5.99. The third-order valence-corrected chi connectivity index (χ3v) is 6.04. The van der Waals surface area contributed by atoms with Crippen molar-refractivity contribution in [2.45, 2.75) is 58.5 Å². The SMILES string of the molecule is CCC(C)Oc1c(C)cc(NC(=O)C2(c3ccc(OC)cc3)CCOCC2)cc1C. The lowest BCUT2D eigenvalue weighted by atomic mass is 9.73. The van der Waals surface area contributed by atoms with Crippen molar-refractivity contribution in [3.8, 4) is 11.5 Å². The van der Waals surface area contributed by atoms with E-state index in [4.69, 9.17) is 14.2 Å². The van der Waals surface area contributed by atoms with E-state index >= 15 is 0 Å². The second-order valence-corrected chi connectivity index (χ2v) is 8.15. The monoisotopic (exact) mass is 411 g/mol. The maximum atomic E-state index is 13.5. The molecule has 0 radical (unpaired) electrons. The lowest BCUT2D eigenvalue weighted by Crippen LogP contribution is -2.44. The first kappa shape index (κ1) is 22.2. The molecule has 0 aromatic heterocycles. The number of hydrogen-bond acceptors (Lipinski definition) is 4. The molecule has 3 rings (SSSR count). The van der Waals surface area contributed by atoms with E-state index < -0.39 is 5.41 Å². The van der Waals surface area contributed by atoms with Crippen LogP contribution in [0, 0.1) is 13.8 Å². The predicted molar refractivity (Wildman–Crippen MR) is 120 cm³/mol. The standard InChI is InChI=1S/C25H33NO4/c1-6-19(4)30-23-17(2)15-21(16-18(23)3)26-24(27)25(11-13-29-14-12-25)20-7-9-22(28-5)10-8-20/h7-10,15-16,19H,6,11-14H2,1-5H3,(H,26,27). The molecule has 1 aliphatic rings. The highest BCUT2D eigenvalue weighted by Crippen LogP contribution is 2.37. The van der Waals surface area contributed by atoms with E-state index in [9.17, 15) is 4.79 Å². The Morgan fingerprint density at radius 1 is 1.13 bits per heavy atom. The molecule has 1 unspecified atom stereocenters. The van der Waals surface area contributed by atoms with Crippen LogP contribution in [-0.4, -0.2) is 32.3 Å². The molecule has 1 atom stereocenters. The average molecular weight is 412 g/mol. The number of hydrogen-bond donors (Lipinski definition) is 1. The van der Waals surface area contributed by atoms with Crippen LogP contribution in [0.5, 0.6) is 11.5 Å². The molecule has 0 bridgehead atoms. The quantitative estimate of drug-likeness (QED) is 0.682. The number of ether oxygens (including phenoxy) is 3. The zero-order valence-electron chi connectivity index (χ0n) is 18.7. The first-order valence-electron chi connectivity index (χ1n) is 10.7. The van der Waals surface area contributed by atoms with Gasteiger partial charge >= 0.3 is 0 Å². The van der Waals surface area contributed by atoms with Crippen molar-refractivity contribution in [1.29, 1.82) is 0 Å². The van der Waals surface area contributed by atoms with Gasteiger partial charge in [-0.05, 0) is 81.0 Å². The summed E-state index contributed by atoms with van der Waals surface area (Å²) >= 11 is 0. The summed E-state index contributed by atoms with van der Waals surface area (Å²) in [4.78, 5) is 13.5. The Morgan fingerprint density at radius 3 is 2.27 bits per heavy atom. The smallest absolute Gasteiger partial charge is 0.235 e. The highest BCUT2D eigenvalue weighted by Gasteiger charge is 2.41. The van der Waals surface area contributed by atoms with Crippen molar-refractivity contribution in [2.24, 2.45) is 0 Å². The van der Waals surface area contributed by atoms with Gasteiger partial charge in [-0.3, -0.25) is 4.79 Å². The number of carbonyl (C=O) groups excluding carboxylic acids is 1. The van der Waals surface area contributed by atoms with Gasteiger partial charge in [0.1, 0.15) is 11.5 Å². The molecule has 1 N–H and O–H groups in total. The second-order valence-electron chi connectivity index (χ2n) is 8.15. The second kappa shape index (κ2) is 9.52. The molecule has 1 fully saturated rings. The number of anilines is 1. The van der Waals surface area contributed by atoms with Crippen LogP contribution in [0.2, 0.25) is 0 Å². The first-order valence-corrected chi connectivity index (χ1v) is 10.7. The Balaban J connectivity index is 1.87. The number of aryl methyl sites for hydroxylation is 2. The molecule has 2 aromatic carbocycles. The third-order valence-electron chi connectivity index (χ3n) is 6.04. The molecular weight excluding hydrogens is 378 g/mol. The lowest BCUT2D eigenvalue weighted by Gasteiger charge is -2.36. The van der Waals surface area contributed by atoms with Gasteiger partial charge in [0.2, 0.25) is 5.91 Å². The molecule has 1 amide bonds. The van der Waals surface area contributed by atoms with E-state index in [0.29, 0.717) is 26.1 Å². The molecule has 0 aliphatic carbocycles. The zero-order chi connectivity index (χ0) is 21.7. The zero-order valence-corrected chi connectivity index (χ0v) is 18.7. The fourth-order valence-corrected chi connectivity index (χ4v) is 4.02. The topological polar surface area (TPSA) is 56.8 Å². The maximum Gasteiger partial charge on any atom is 0.235 e. The molecule has 0 spiro atoms. The Morgan fingerprint density at radius 2 is 1.73 bits per heavy atom. The average Bonchev–Trinajstić information content (AvgIpc) is 2.76. The van der Waals surface area contributed by atoms with Gasteiger partial charge in [-0.1, -0.05) is 19.1 Å². The number of methoxy groups -OCH3 is 1. The number of rotatable bonds is 7. The molecule has 1 heterocycles. The van der Waals surface area contributed by atoms with Crippen molar-refractivity contribution in [3.05, 3.63) is 53.1 Å². The predicted octanol–water partition coefficient (Wildman–Crippen LogP) is 5.18. The molecule has 1 aliphatic heterocycles. The largest absolute Gasteiger partial charge is 0.497 e. The first-order chi connectivity index (χ1) is 14.4. The summed E-state index contributed by atoms with van der Waals surface area (Å²) in [5.74, 6) is 1.69. The van der Waals surface area contributed by atoms with E-state index in [1.54, 1.807) is 7.11 Å². The minimum atomic E-state index is -0.613. The van der Waals surface area contributed by atoms with Gasteiger partial charge < -0.3 is 19.5 Å². The Kier molecular flexibility index (Phi) is 7.03. The molecule has 2 aromatic rings. The van der Waals surface area contributed by atoms with Gasteiger partial charge in [0, 0.05) is 18.9 Å². The molecular formula is C25H33NO4. The van der Waals surface area contributed by atoms with Crippen molar-refractivity contribution in [1.82, 2.24) is 0 Å². The van der Waals surface area contributed by atoms with E-state index in [-0.39, 0.29) is 12.0 Å². The van der Waals surface area contributed by atoms with Crippen LogP contribution in [0.4, 0.5) is 5.69 Å². The maximum absolute atomic E-state index is 13.5. The van der Waals surface area contributed by atoms with Gasteiger partial charge in [0.25, 0.3) is 0 Å². The summed E-state index contributed by atoms with van der Waals surface area (Å²) < 4.78 is 16.9. The van der Waals surface area contributed by atoms with Crippen molar-refractivity contribution in [3.63, 3.8) is 0 Å². The fraction of sp³-hybridized carbons (Fsp3) is 0.480. The van der Waals surface area contributed by atoms with Crippen molar-refractivity contribution < 1.29 is 19.0 Å². The van der Waals surface area contributed by atoms with E-state index in [0.717, 1.165) is 40.3 Å². The number of amides is 1. The third kappa shape index (κ3) is 4.62. The Labute approximate surface area is 179 Å². The van der Waals surface area contributed by atoms with Crippen LogP contribution in [-0.2, 0) is 14.9 Å². The van der Waals surface area contributed by atoms with Crippen molar-refractivity contribution in [2.75, 3.05) is 25.6 Å². The van der Waals surface area contributed by atoms with Gasteiger partial charge in [-0.2, -0.15) is 0 Å². The molecule has 5 heteroatoms. The normalized spacial score (nSPS) is 16.6. The van der Waals surface area contributed by atoms with Crippen molar-refractivity contribution >= 4 is 11.6 Å². The minimum absolute atomic E-state index is 0.00496. The van der Waals surface area contributed by atoms with Crippen LogP contribution in [0.1, 0.15) is 49.8 Å². The highest BCUT2D eigenvalue weighted by atomic mass is 16.5. The van der Waals surface area contributed by atoms with E-state index in [1.807, 2.05) is 50.2 Å². The molecule has 5 nitrogen and oxygen atoms in total. The summed E-state index contributed by atoms with van der Waals surface area (Å²) in [6.07, 6.45) is 2.41. The lowest BCUT2D eigenvalue weighted by molar-refractivity contribution is -0.125. The Hall–Kier alpha value is -2.53. The number of nitrogens with one attached hydrogen (secondary N) is 1. The molecule has 162 valence electrons. The van der Waals surface area contributed by atoms with Gasteiger partial charge in [-0.25, -0.2) is 0 Å². The summed E-state index contributed by atoms with van der Waals surface area (Å²) in [5, 5.41) is 3.17. The van der Waals surface area contributed by atoms with Crippen LogP contribution < -0.4 is 14.8 Å². The summed E-state index contributed by atoms with van der Waals surface area (Å²) in [6.45, 7) is 9.36. The van der Waals surface area contributed by atoms with E-state index in [2.05, 4.69) is 19.2 Å². The Bertz CT molecular complexity index is 846. The molecule has 1 saturated heterocycles. The fourth-order valence-electron chi connectivity index (χ4n) is 4.02. The minimum Gasteiger partial charge on any atom is -0.497 e. The summed E-state index contributed by atoms with van der Waals surface area (Å²) in [7, 11) is 1.64. The van der Waals surface area contributed by atoms with Gasteiger partial charge in [-0.15, -0.1) is 0 Å². The van der Waals surface area contributed by atoms with Gasteiger partial charge in [0.15, 0.2) is 0 Å². The van der Waals surface area contributed by atoms with Crippen LogP contribution in [0.15, 0.2) is 36.4 Å². The number of carbonyl (C=O) groups is 1. The van der Waals surface area contributed by atoms with Crippen LogP contribution in [0.25, 0.3) is 0 Å². The van der Waals surface area contributed by atoms with E-state index in [1.165, 1.54) is 0 Å². The van der Waals surface area contributed by atoms with Crippen LogP contribution >= 0.6 is 0 Å². The molecule has 30 heavy (non-hydrogen) atoms. The van der Waals surface area contributed by atoms with Gasteiger partial charge in [0.05, 0.1) is 18.6 Å². The summed E-state index contributed by atoms with van der Waals surface area (Å²) in [6, 6.07) is 11.8. The molecule has 0 saturated carbocycles. The number of benzene rings is 2. The summed E-state index contributed by atoms with van der Waals surface area (Å²) in [5.41, 5.74) is 3.23.